The van der Waals surface area contributed by atoms with Gasteiger partial charge >= 0.3 is 0 Å². The first-order valence-electron chi connectivity index (χ1n) is 13.0. The van der Waals surface area contributed by atoms with Crippen molar-refractivity contribution in [3.8, 4) is 11.5 Å². The molecule has 0 N–H and O–H groups in total. The molecule has 4 heterocycles. The number of aromatic nitrogens is 3. The zero-order valence-corrected chi connectivity index (χ0v) is 21.5. The Morgan fingerprint density at radius 3 is 2.05 bits per heavy atom. The third kappa shape index (κ3) is 2.80. The van der Waals surface area contributed by atoms with Crippen LogP contribution < -0.4 is 0 Å². The molecule has 0 unspecified atom stereocenters. The van der Waals surface area contributed by atoms with Crippen LogP contribution in [0.1, 0.15) is 0 Å². The van der Waals surface area contributed by atoms with Crippen LogP contribution in [0.5, 0.6) is 0 Å². The number of para-hydroxylation sites is 3. The predicted octanol–water partition coefficient (Wildman–Crippen LogP) is 9.24. The Morgan fingerprint density at radius 2 is 1.28 bits per heavy atom. The molecule has 0 aliphatic heterocycles. The quantitative estimate of drug-likeness (QED) is 0.226. The van der Waals surface area contributed by atoms with Crippen molar-refractivity contribution in [1.29, 1.82) is 0 Å². The smallest absolute Gasteiger partial charge is 0.155 e. The van der Waals surface area contributed by atoms with Gasteiger partial charge in [0.25, 0.3) is 0 Å². The molecule has 0 aliphatic carbocycles. The van der Waals surface area contributed by atoms with E-state index in [2.05, 4.69) is 124 Å². The fourth-order valence-electron chi connectivity index (χ4n) is 6.19. The Labute approximate surface area is 227 Å². The Kier molecular flexibility index (Phi) is 4.13. The highest BCUT2D eigenvalue weighted by molar-refractivity contribution is 7.26. The summed E-state index contributed by atoms with van der Waals surface area (Å²) in [6.45, 7) is 0. The van der Waals surface area contributed by atoms with Crippen LogP contribution in [0.4, 0.5) is 0 Å². The van der Waals surface area contributed by atoms with Crippen LogP contribution in [0.15, 0.2) is 115 Å². The van der Waals surface area contributed by atoms with Gasteiger partial charge in [-0.3, -0.25) is 4.57 Å². The van der Waals surface area contributed by atoms with Gasteiger partial charge in [-0.1, -0.05) is 66.7 Å². The average Bonchev–Trinajstić information content (AvgIpc) is 3.65. The molecular formula is C35H19N3S. The maximum Gasteiger partial charge on any atom is 0.155 e. The highest BCUT2D eigenvalue weighted by Crippen LogP contribution is 2.41. The van der Waals surface area contributed by atoms with E-state index < -0.39 is 0 Å². The van der Waals surface area contributed by atoms with E-state index in [0.29, 0.717) is 0 Å². The van der Waals surface area contributed by atoms with Gasteiger partial charge in [0.05, 0.1) is 32.2 Å². The third-order valence-corrected chi connectivity index (χ3v) is 9.02. The summed E-state index contributed by atoms with van der Waals surface area (Å²) in [7, 11) is 0. The van der Waals surface area contributed by atoms with E-state index >= 15 is 0 Å². The molecule has 9 rings (SSSR count). The number of benzene rings is 4. The van der Waals surface area contributed by atoms with E-state index in [-0.39, 0.29) is 0 Å². The summed E-state index contributed by atoms with van der Waals surface area (Å²) in [6, 6.07) is 45.3. The van der Waals surface area contributed by atoms with Crippen LogP contribution in [-0.4, -0.2) is 14.1 Å². The van der Waals surface area contributed by atoms with Crippen molar-refractivity contribution in [3.05, 3.63) is 128 Å². The van der Waals surface area contributed by atoms with Crippen LogP contribution in [0, 0.1) is 12.1 Å². The number of pyridine rings is 1. The second-order valence-corrected chi connectivity index (χ2v) is 10.9. The minimum Gasteiger partial charge on any atom is -0.309 e. The van der Waals surface area contributed by atoms with E-state index in [4.69, 9.17) is 4.98 Å². The van der Waals surface area contributed by atoms with E-state index in [0.717, 1.165) is 22.4 Å². The van der Waals surface area contributed by atoms with Crippen molar-refractivity contribution in [1.82, 2.24) is 14.1 Å². The molecule has 0 fully saturated rings. The molecule has 3 nitrogen and oxygen atoms in total. The molecule has 9 aromatic rings. The van der Waals surface area contributed by atoms with Crippen molar-refractivity contribution < 1.29 is 0 Å². The number of fused-ring (bicyclic) bond motifs is 9. The summed E-state index contributed by atoms with van der Waals surface area (Å²) in [6.07, 6.45) is 1.95. The molecular weight excluding hydrogens is 494 g/mol. The molecule has 5 aromatic carbocycles. The Morgan fingerprint density at radius 1 is 0.590 bits per heavy atom. The highest BCUT2D eigenvalue weighted by atomic mass is 32.1. The number of hydrogen-bond acceptors (Lipinski definition) is 2. The van der Waals surface area contributed by atoms with Crippen molar-refractivity contribution in [3.63, 3.8) is 0 Å². The Hall–Kier alpha value is -5.11. The Balaban J connectivity index is 1.34. The normalized spacial score (nSPS) is 11.9. The van der Waals surface area contributed by atoms with E-state index in [1.54, 1.807) is 0 Å². The molecule has 0 atom stereocenters. The van der Waals surface area contributed by atoms with Gasteiger partial charge in [0, 0.05) is 43.5 Å². The van der Waals surface area contributed by atoms with Gasteiger partial charge in [-0.2, -0.15) is 0 Å². The molecule has 0 bridgehead atoms. The number of hydrogen-bond donors (Lipinski definition) is 0. The lowest BCUT2D eigenvalue weighted by Gasteiger charge is -2.08. The van der Waals surface area contributed by atoms with E-state index in [1.165, 1.54) is 52.9 Å². The minimum atomic E-state index is 0.981. The van der Waals surface area contributed by atoms with E-state index in [9.17, 15) is 0 Å². The summed E-state index contributed by atoms with van der Waals surface area (Å²) in [5, 5.41) is 7.25. The van der Waals surface area contributed by atoms with Gasteiger partial charge in [0.2, 0.25) is 0 Å². The van der Waals surface area contributed by atoms with Gasteiger partial charge in [0.1, 0.15) is 0 Å². The van der Waals surface area contributed by atoms with Gasteiger partial charge in [0.15, 0.2) is 5.82 Å². The maximum absolute atomic E-state index is 4.96. The first kappa shape index (κ1) is 20.9. The first-order chi connectivity index (χ1) is 19.4. The number of rotatable bonds is 2. The SMILES string of the molecule is c1ccc2c(c#1)c1ccccc1n2-c1ccc2sc3c(-n4c5ccccc5c5ccccc54)nccc3c2c1. The van der Waals surface area contributed by atoms with Crippen LogP contribution in [-0.2, 0) is 0 Å². The summed E-state index contributed by atoms with van der Waals surface area (Å²) in [5.41, 5.74) is 5.81. The fraction of sp³-hybridized carbons (Fsp3) is 0. The monoisotopic (exact) mass is 513 g/mol. The molecule has 39 heavy (non-hydrogen) atoms. The van der Waals surface area contributed by atoms with Crippen LogP contribution in [0.3, 0.4) is 0 Å². The van der Waals surface area contributed by atoms with Gasteiger partial charge in [-0.25, -0.2) is 4.98 Å². The Bertz CT molecular complexity index is 2300. The molecule has 0 radical (unpaired) electrons. The van der Waals surface area contributed by atoms with E-state index in [1.807, 2.05) is 23.6 Å². The molecule has 0 aliphatic rings. The summed E-state index contributed by atoms with van der Waals surface area (Å²) < 4.78 is 7.11. The van der Waals surface area contributed by atoms with Gasteiger partial charge < -0.3 is 4.57 Å². The highest BCUT2D eigenvalue weighted by Gasteiger charge is 2.18. The van der Waals surface area contributed by atoms with Crippen molar-refractivity contribution in [2.24, 2.45) is 0 Å². The second kappa shape index (κ2) is 7.70. The third-order valence-electron chi connectivity index (χ3n) is 7.83. The van der Waals surface area contributed by atoms with Crippen LogP contribution in [0.25, 0.3) is 75.3 Å². The number of nitrogens with zero attached hydrogens (tertiary/aromatic N) is 3. The lowest BCUT2D eigenvalue weighted by atomic mass is 10.1. The zero-order chi connectivity index (χ0) is 25.5. The van der Waals surface area contributed by atoms with Gasteiger partial charge in [-0.05, 0) is 54.6 Å². The molecule has 4 heteroatoms. The summed E-state index contributed by atoms with van der Waals surface area (Å²) in [4.78, 5) is 4.96. The van der Waals surface area contributed by atoms with Crippen LogP contribution in [0.2, 0.25) is 0 Å². The number of thiophene rings is 1. The van der Waals surface area contributed by atoms with Crippen molar-refractivity contribution >= 4 is 75.1 Å². The maximum atomic E-state index is 4.96. The predicted molar refractivity (Wildman–Crippen MR) is 163 cm³/mol. The molecule has 0 amide bonds. The lowest BCUT2D eigenvalue weighted by Crippen LogP contribution is -1.97. The van der Waals surface area contributed by atoms with Crippen LogP contribution >= 0.6 is 11.3 Å². The van der Waals surface area contributed by atoms with Gasteiger partial charge in [-0.15, -0.1) is 11.3 Å². The molecule has 180 valence electrons. The molecule has 0 saturated carbocycles. The second-order valence-electron chi connectivity index (χ2n) is 9.88. The topological polar surface area (TPSA) is 22.8 Å². The fourth-order valence-corrected chi connectivity index (χ4v) is 7.35. The van der Waals surface area contributed by atoms with Crippen molar-refractivity contribution in [2.75, 3.05) is 0 Å². The molecule has 4 aromatic heterocycles. The minimum absolute atomic E-state index is 0.981. The molecule has 0 saturated heterocycles. The molecule has 0 spiro atoms. The summed E-state index contributed by atoms with van der Waals surface area (Å²) >= 11 is 1.81. The lowest BCUT2D eigenvalue weighted by molar-refractivity contribution is 1.11. The standard InChI is InChI=1S/C35H19N3S/c1-5-13-29-23(9-1)24-10-2-6-14-30(24)37(29)22-17-18-33-28(21-22)27-19-20-36-35(34(27)39-33)38-31-15-7-3-11-25(31)26-12-4-8-16-32(26)38/h1,3-9,11-21H. The average molecular weight is 514 g/mol. The van der Waals surface area contributed by atoms with Crippen molar-refractivity contribution in [2.45, 2.75) is 0 Å². The largest absolute Gasteiger partial charge is 0.309 e. The zero-order valence-electron chi connectivity index (χ0n) is 20.7. The first-order valence-corrected chi connectivity index (χ1v) is 13.8. The summed E-state index contributed by atoms with van der Waals surface area (Å²) in [5.74, 6) is 0.981.